The van der Waals surface area contributed by atoms with Crippen LogP contribution >= 0.6 is 23.1 Å². The Kier molecular flexibility index (Phi) is 3.23. The van der Waals surface area contributed by atoms with Gasteiger partial charge >= 0.3 is 0 Å². The maximum Gasteiger partial charge on any atom is 0.205 e. The van der Waals surface area contributed by atoms with E-state index < -0.39 is 0 Å². The van der Waals surface area contributed by atoms with Crippen LogP contribution in [0.3, 0.4) is 0 Å². The number of hydrogen-bond acceptors (Lipinski definition) is 4. The van der Waals surface area contributed by atoms with E-state index in [1.165, 1.54) is 11.5 Å². The lowest BCUT2D eigenvalue weighted by Gasteiger charge is -2.28. The van der Waals surface area contributed by atoms with E-state index in [0.29, 0.717) is 5.38 Å². The second kappa shape index (κ2) is 4.45. The SMILES string of the molecule is CCc1nsc(N2CCC(Cl)CC2)n1. The van der Waals surface area contributed by atoms with Crippen LogP contribution in [0.1, 0.15) is 25.6 Å². The first-order chi connectivity index (χ1) is 6.79. The third-order valence-electron chi connectivity index (χ3n) is 2.47. The fraction of sp³-hybridized carbons (Fsp3) is 0.778. The zero-order chi connectivity index (χ0) is 9.97. The predicted octanol–water partition coefficient (Wildman–Crippen LogP) is 2.31. The molecule has 1 aliphatic rings. The lowest BCUT2D eigenvalue weighted by Crippen LogP contribution is -2.33. The van der Waals surface area contributed by atoms with Crippen LogP contribution in [0.15, 0.2) is 0 Å². The molecule has 5 heteroatoms. The van der Waals surface area contributed by atoms with Crippen molar-refractivity contribution in [2.24, 2.45) is 0 Å². The predicted molar refractivity (Wildman–Crippen MR) is 60.4 cm³/mol. The van der Waals surface area contributed by atoms with Gasteiger partial charge < -0.3 is 4.90 Å². The van der Waals surface area contributed by atoms with E-state index in [2.05, 4.69) is 21.2 Å². The van der Waals surface area contributed by atoms with Crippen LogP contribution < -0.4 is 4.90 Å². The lowest BCUT2D eigenvalue weighted by atomic mass is 10.1. The van der Waals surface area contributed by atoms with Crippen LogP contribution in [0.2, 0.25) is 0 Å². The molecular weight excluding hydrogens is 218 g/mol. The molecule has 1 aromatic heterocycles. The number of alkyl halides is 1. The van der Waals surface area contributed by atoms with Crippen molar-refractivity contribution in [3.63, 3.8) is 0 Å². The molecule has 0 bridgehead atoms. The summed E-state index contributed by atoms with van der Waals surface area (Å²) in [4.78, 5) is 6.76. The molecule has 78 valence electrons. The number of hydrogen-bond donors (Lipinski definition) is 0. The Balaban J connectivity index is 2.01. The minimum absolute atomic E-state index is 0.352. The molecule has 0 aliphatic carbocycles. The Morgan fingerprint density at radius 1 is 1.50 bits per heavy atom. The van der Waals surface area contributed by atoms with Crippen molar-refractivity contribution < 1.29 is 0 Å². The van der Waals surface area contributed by atoms with Gasteiger partial charge in [0, 0.05) is 36.4 Å². The van der Waals surface area contributed by atoms with Crippen LogP contribution in [0, 0.1) is 0 Å². The van der Waals surface area contributed by atoms with E-state index >= 15 is 0 Å². The Morgan fingerprint density at radius 3 is 2.79 bits per heavy atom. The monoisotopic (exact) mass is 231 g/mol. The van der Waals surface area contributed by atoms with Crippen LogP contribution in [0.5, 0.6) is 0 Å². The van der Waals surface area contributed by atoms with Gasteiger partial charge in [-0.05, 0) is 12.8 Å². The second-order valence-corrected chi connectivity index (χ2v) is 4.86. The summed E-state index contributed by atoms with van der Waals surface area (Å²) in [5, 5.41) is 1.41. The fourth-order valence-electron chi connectivity index (χ4n) is 1.56. The zero-order valence-electron chi connectivity index (χ0n) is 8.24. The summed E-state index contributed by atoms with van der Waals surface area (Å²) >= 11 is 7.55. The van der Waals surface area contributed by atoms with Gasteiger partial charge in [-0.3, -0.25) is 0 Å². The topological polar surface area (TPSA) is 29.0 Å². The third kappa shape index (κ3) is 2.17. The largest absolute Gasteiger partial charge is 0.347 e. The molecule has 14 heavy (non-hydrogen) atoms. The maximum atomic E-state index is 6.04. The van der Waals surface area contributed by atoms with Crippen molar-refractivity contribution in [1.29, 1.82) is 0 Å². The quantitative estimate of drug-likeness (QED) is 0.732. The van der Waals surface area contributed by atoms with Gasteiger partial charge in [0.15, 0.2) is 0 Å². The molecule has 2 heterocycles. The van der Waals surface area contributed by atoms with Crippen molar-refractivity contribution in [2.45, 2.75) is 31.6 Å². The third-order valence-corrected chi connectivity index (χ3v) is 3.72. The number of halogens is 1. The number of aromatic nitrogens is 2. The van der Waals surface area contributed by atoms with Crippen LogP contribution in [0.4, 0.5) is 5.13 Å². The Bertz CT molecular complexity index is 294. The number of nitrogens with zero attached hydrogens (tertiary/aromatic N) is 3. The first-order valence-corrected chi connectivity index (χ1v) is 6.22. The molecule has 0 radical (unpaired) electrons. The fourth-order valence-corrected chi connectivity index (χ4v) is 2.55. The van der Waals surface area contributed by atoms with E-state index in [1.54, 1.807) is 0 Å². The summed E-state index contributed by atoms with van der Waals surface area (Å²) in [5.41, 5.74) is 0. The zero-order valence-corrected chi connectivity index (χ0v) is 9.81. The van der Waals surface area contributed by atoms with E-state index in [0.717, 1.165) is 43.3 Å². The minimum atomic E-state index is 0.352. The highest BCUT2D eigenvalue weighted by Gasteiger charge is 2.19. The van der Waals surface area contributed by atoms with Crippen molar-refractivity contribution in [3.05, 3.63) is 5.82 Å². The molecule has 0 saturated carbocycles. The van der Waals surface area contributed by atoms with Gasteiger partial charge in [0.25, 0.3) is 0 Å². The summed E-state index contributed by atoms with van der Waals surface area (Å²) in [6, 6.07) is 0. The molecule has 0 N–H and O–H groups in total. The normalized spacial score (nSPS) is 18.9. The second-order valence-electron chi connectivity index (χ2n) is 3.51. The van der Waals surface area contributed by atoms with Crippen LogP contribution in [0.25, 0.3) is 0 Å². The van der Waals surface area contributed by atoms with Gasteiger partial charge in [-0.1, -0.05) is 6.92 Å². The van der Waals surface area contributed by atoms with Gasteiger partial charge in [-0.25, -0.2) is 4.98 Å². The molecule has 1 fully saturated rings. The van der Waals surface area contributed by atoms with E-state index in [-0.39, 0.29) is 0 Å². The highest BCUT2D eigenvalue weighted by Crippen LogP contribution is 2.23. The summed E-state index contributed by atoms with van der Waals surface area (Å²) in [6.07, 6.45) is 3.04. The molecule has 0 aromatic carbocycles. The number of anilines is 1. The average molecular weight is 232 g/mol. The standard InChI is InChI=1S/C9H14ClN3S/c1-2-8-11-9(14-12-8)13-5-3-7(10)4-6-13/h7H,2-6H2,1H3. The van der Waals surface area contributed by atoms with Gasteiger partial charge in [-0.2, -0.15) is 4.37 Å². The van der Waals surface area contributed by atoms with Crippen molar-refractivity contribution >= 4 is 28.3 Å². The summed E-state index contributed by atoms with van der Waals surface area (Å²) in [7, 11) is 0. The highest BCUT2D eigenvalue weighted by atomic mass is 35.5. The highest BCUT2D eigenvalue weighted by molar-refractivity contribution is 7.09. The first-order valence-electron chi connectivity index (χ1n) is 5.01. The number of aryl methyl sites for hydroxylation is 1. The molecule has 0 atom stereocenters. The lowest BCUT2D eigenvalue weighted by molar-refractivity contribution is 0.583. The number of piperidine rings is 1. The molecule has 2 rings (SSSR count). The first kappa shape index (κ1) is 10.2. The Morgan fingerprint density at radius 2 is 2.21 bits per heavy atom. The molecule has 3 nitrogen and oxygen atoms in total. The van der Waals surface area contributed by atoms with Gasteiger partial charge in [0.05, 0.1) is 0 Å². The van der Waals surface area contributed by atoms with E-state index in [1.807, 2.05) is 0 Å². The summed E-state index contributed by atoms with van der Waals surface area (Å²) in [6.45, 7) is 4.12. The maximum absolute atomic E-state index is 6.04. The Hall–Kier alpha value is -0.350. The average Bonchev–Trinajstić information content (AvgIpc) is 2.67. The molecular formula is C9H14ClN3S. The van der Waals surface area contributed by atoms with Gasteiger partial charge in [0.1, 0.15) is 5.82 Å². The number of rotatable bonds is 2. The molecule has 1 saturated heterocycles. The van der Waals surface area contributed by atoms with Crippen molar-refractivity contribution in [2.75, 3.05) is 18.0 Å². The summed E-state index contributed by atoms with van der Waals surface area (Å²) < 4.78 is 4.28. The van der Waals surface area contributed by atoms with Crippen LogP contribution in [-0.2, 0) is 6.42 Å². The van der Waals surface area contributed by atoms with Gasteiger partial charge in [-0.15, -0.1) is 11.6 Å². The van der Waals surface area contributed by atoms with Crippen LogP contribution in [-0.4, -0.2) is 27.8 Å². The molecule has 0 spiro atoms. The molecule has 1 aromatic rings. The van der Waals surface area contributed by atoms with E-state index in [9.17, 15) is 0 Å². The van der Waals surface area contributed by atoms with E-state index in [4.69, 9.17) is 11.6 Å². The minimum Gasteiger partial charge on any atom is -0.347 e. The molecule has 0 unspecified atom stereocenters. The van der Waals surface area contributed by atoms with Gasteiger partial charge in [0.2, 0.25) is 5.13 Å². The Labute approximate surface area is 93.3 Å². The molecule has 1 aliphatic heterocycles. The van der Waals surface area contributed by atoms with Crippen molar-refractivity contribution in [1.82, 2.24) is 9.36 Å². The van der Waals surface area contributed by atoms with Crippen molar-refractivity contribution in [3.8, 4) is 0 Å². The smallest absolute Gasteiger partial charge is 0.205 e. The molecule has 0 amide bonds. The summed E-state index contributed by atoms with van der Waals surface area (Å²) in [5.74, 6) is 0.956.